The van der Waals surface area contributed by atoms with E-state index < -0.39 is 0 Å². The molecule has 0 spiro atoms. The molecular weight excluding hydrogens is 304 g/mol. The fraction of sp³-hybridized carbons (Fsp3) is 0.579. The first-order valence-electron chi connectivity index (χ1n) is 8.94. The van der Waals surface area contributed by atoms with Crippen molar-refractivity contribution in [3.8, 4) is 5.75 Å². The lowest BCUT2D eigenvalue weighted by molar-refractivity contribution is -0.125. The Balaban J connectivity index is 1.67. The molecule has 2 amide bonds. The van der Waals surface area contributed by atoms with Gasteiger partial charge in [-0.2, -0.15) is 0 Å². The van der Waals surface area contributed by atoms with Gasteiger partial charge < -0.3 is 15.0 Å². The quantitative estimate of drug-likeness (QED) is 0.923. The van der Waals surface area contributed by atoms with Gasteiger partial charge in [-0.05, 0) is 43.9 Å². The van der Waals surface area contributed by atoms with Crippen molar-refractivity contribution in [3.63, 3.8) is 0 Å². The molecule has 130 valence electrons. The molecule has 2 aliphatic rings. The lowest BCUT2D eigenvalue weighted by Crippen LogP contribution is -2.49. The van der Waals surface area contributed by atoms with Crippen LogP contribution in [0.25, 0.3) is 0 Å². The highest BCUT2D eigenvalue weighted by Crippen LogP contribution is 2.23. The molecule has 5 nitrogen and oxygen atoms in total. The molecule has 0 radical (unpaired) electrons. The van der Waals surface area contributed by atoms with E-state index in [0.29, 0.717) is 17.9 Å². The van der Waals surface area contributed by atoms with Crippen LogP contribution in [0.15, 0.2) is 24.3 Å². The van der Waals surface area contributed by atoms with E-state index in [9.17, 15) is 9.59 Å². The molecule has 0 bridgehead atoms. The number of rotatable bonds is 4. The molecule has 1 aromatic rings. The summed E-state index contributed by atoms with van der Waals surface area (Å²) in [6.45, 7) is 0.638. The largest absolute Gasteiger partial charge is 0.497 e. The number of amides is 2. The fourth-order valence-corrected chi connectivity index (χ4v) is 3.75. The number of carbonyl (C=O) groups is 2. The highest BCUT2D eigenvalue weighted by atomic mass is 16.5. The molecule has 1 aliphatic heterocycles. The van der Waals surface area contributed by atoms with Gasteiger partial charge in [-0.25, -0.2) is 0 Å². The van der Waals surface area contributed by atoms with Crippen LogP contribution >= 0.6 is 0 Å². The number of hydrogen-bond acceptors (Lipinski definition) is 3. The van der Waals surface area contributed by atoms with E-state index in [0.717, 1.165) is 25.7 Å². The molecule has 1 aromatic carbocycles. The summed E-state index contributed by atoms with van der Waals surface area (Å²) < 4.78 is 5.19. The van der Waals surface area contributed by atoms with E-state index in [4.69, 9.17) is 4.74 Å². The van der Waals surface area contributed by atoms with Crippen molar-refractivity contribution in [2.75, 3.05) is 13.7 Å². The monoisotopic (exact) mass is 330 g/mol. The minimum atomic E-state index is -0.342. The normalized spacial score (nSPS) is 21.5. The van der Waals surface area contributed by atoms with Crippen molar-refractivity contribution < 1.29 is 14.3 Å². The fourth-order valence-electron chi connectivity index (χ4n) is 3.75. The molecule has 1 heterocycles. The third kappa shape index (κ3) is 3.71. The molecule has 1 N–H and O–H groups in total. The standard InChI is InChI=1S/C19H26N2O3/c1-24-16-10-5-7-14(13-16)19(23)21-12-6-11-17(21)18(22)20-15-8-3-2-4-9-15/h5,7,10,13,15,17H,2-4,6,8-9,11-12H2,1H3,(H,20,22)/t17-/m0/s1. The Kier molecular flexibility index (Phi) is 5.38. The maximum atomic E-state index is 12.8. The van der Waals surface area contributed by atoms with Crippen molar-refractivity contribution in [1.29, 1.82) is 0 Å². The first kappa shape index (κ1) is 16.8. The molecule has 3 rings (SSSR count). The summed E-state index contributed by atoms with van der Waals surface area (Å²) in [6.07, 6.45) is 7.36. The lowest BCUT2D eigenvalue weighted by Gasteiger charge is -2.28. The predicted molar refractivity (Wildman–Crippen MR) is 92.1 cm³/mol. The average Bonchev–Trinajstić information content (AvgIpc) is 3.12. The number of likely N-dealkylation sites (tertiary alicyclic amines) is 1. The molecular formula is C19H26N2O3. The first-order valence-corrected chi connectivity index (χ1v) is 8.94. The van der Waals surface area contributed by atoms with Gasteiger partial charge in [0.1, 0.15) is 11.8 Å². The zero-order chi connectivity index (χ0) is 16.9. The van der Waals surface area contributed by atoms with Crippen LogP contribution in [0.1, 0.15) is 55.3 Å². The molecule has 1 saturated heterocycles. The highest BCUT2D eigenvalue weighted by Gasteiger charge is 2.35. The first-order chi connectivity index (χ1) is 11.7. The minimum absolute atomic E-state index is 0.00986. The summed E-state index contributed by atoms with van der Waals surface area (Å²) in [6, 6.07) is 7.06. The van der Waals surface area contributed by atoms with Crippen LogP contribution in [-0.2, 0) is 4.79 Å². The number of methoxy groups -OCH3 is 1. The van der Waals surface area contributed by atoms with Crippen LogP contribution in [0.5, 0.6) is 5.75 Å². The highest BCUT2D eigenvalue weighted by molar-refractivity contribution is 5.98. The Bertz CT molecular complexity index is 596. The predicted octanol–water partition coefficient (Wildman–Crippen LogP) is 2.75. The summed E-state index contributed by atoms with van der Waals surface area (Å²) in [4.78, 5) is 27.2. The number of nitrogens with zero attached hydrogens (tertiary/aromatic N) is 1. The van der Waals surface area contributed by atoms with Crippen molar-refractivity contribution in [2.45, 2.75) is 57.0 Å². The van der Waals surface area contributed by atoms with Gasteiger partial charge in [-0.15, -0.1) is 0 Å². The lowest BCUT2D eigenvalue weighted by atomic mass is 9.95. The number of ether oxygens (including phenoxy) is 1. The summed E-state index contributed by atoms with van der Waals surface area (Å²) in [5.41, 5.74) is 0.576. The van der Waals surface area contributed by atoms with Crippen molar-refractivity contribution in [2.24, 2.45) is 0 Å². The second kappa shape index (κ2) is 7.69. The Labute approximate surface area is 143 Å². The van der Waals surface area contributed by atoms with E-state index in [1.807, 2.05) is 6.07 Å². The Hall–Kier alpha value is -2.04. The zero-order valence-corrected chi connectivity index (χ0v) is 14.3. The maximum absolute atomic E-state index is 12.8. The van der Waals surface area contributed by atoms with Crippen molar-refractivity contribution >= 4 is 11.8 Å². The van der Waals surface area contributed by atoms with Gasteiger partial charge in [0.15, 0.2) is 0 Å². The Morgan fingerprint density at radius 3 is 2.67 bits per heavy atom. The van der Waals surface area contributed by atoms with E-state index in [-0.39, 0.29) is 23.9 Å². The summed E-state index contributed by atoms with van der Waals surface area (Å²) in [7, 11) is 1.58. The van der Waals surface area contributed by atoms with E-state index in [1.54, 1.807) is 30.2 Å². The Morgan fingerprint density at radius 1 is 1.12 bits per heavy atom. The summed E-state index contributed by atoms with van der Waals surface area (Å²) in [5.74, 6) is 0.578. The van der Waals surface area contributed by atoms with Gasteiger partial charge in [0, 0.05) is 18.2 Å². The van der Waals surface area contributed by atoms with Gasteiger partial charge in [0.25, 0.3) is 5.91 Å². The van der Waals surface area contributed by atoms with E-state index >= 15 is 0 Å². The number of benzene rings is 1. The zero-order valence-electron chi connectivity index (χ0n) is 14.3. The van der Waals surface area contributed by atoms with Crippen molar-refractivity contribution in [3.05, 3.63) is 29.8 Å². The van der Waals surface area contributed by atoms with Gasteiger partial charge in [-0.3, -0.25) is 9.59 Å². The van der Waals surface area contributed by atoms with Gasteiger partial charge >= 0.3 is 0 Å². The smallest absolute Gasteiger partial charge is 0.254 e. The number of hydrogen-bond donors (Lipinski definition) is 1. The summed E-state index contributed by atoms with van der Waals surface area (Å²) in [5, 5.41) is 3.16. The van der Waals surface area contributed by atoms with Gasteiger partial charge in [-0.1, -0.05) is 25.3 Å². The second-order valence-corrected chi connectivity index (χ2v) is 6.73. The summed E-state index contributed by atoms with van der Waals surface area (Å²) >= 11 is 0. The second-order valence-electron chi connectivity index (χ2n) is 6.73. The molecule has 1 aliphatic carbocycles. The third-order valence-electron chi connectivity index (χ3n) is 5.08. The minimum Gasteiger partial charge on any atom is -0.497 e. The molecule has 1 saturated carbocycles. The van der Waals surface area contributed by atoms with Crippen LogP contribution in [-0.4, -0.2) is 42.5 Å². The van der Waals surface area contributed by atoms with Crippen LogP contribution in [0.2, 0.25) is 0 Å². The maximum Gasteiger partial charge on any atom is 0.254 e. The van der Waals surface area contributed by atoms with Gasteiger partial charge in [0.05, 0.1) is 7.11 Å². The number of carbonyl (C=O) groups excluding carboxylic acids is 2. The van der Waals surface area contributed by atoms with Crippen LogP contribution in [0.3, 0.4) is 0 Å². The van der Waals surface area contributed by atoms with E-state index in [1.165, 1.54) is 19.3 Å². The molecule has 1 atom stereocenters. The number of nitrogens with one attached hydrogen (secondary N) is 1. The van der Waals surface area contributed by atoms with Crippen LogP contribution < -0.4 is 10.1 Å². The van der Waals surface area contributed by atoms with E-state index in [2.05, 4.69) is 5.32 Å². The molecule has 2 fully saturated rings. The van der Waals surface area contributed by atoms with Crippen LogP contribution in [0.4, 0.5) is 0 Å². The van der Waals surface area contributed by atoms with Crippen molar-refractivity contribution in [1.82, 2.24) is 10.2 Å². The molecule has 5 heteroatoms. The molecule has 0 aromatic heterocycles. The Morgan fingerprint density at radius 2 is 1.92 bits per heavy atom. The molecule has 0 unspecified atom stereocenters. The third-order valence-corrected chi connectivity index (χ3v) is 5.08. The SMILES string of the molecule is COc1cccc(C(=O)N2CCC[C@H]2C(=O)NC2CCCCC2)c1. The molecule has 24 heavy (non-hydrogen) atoms. The topological polar surface area (TPSA) is 58.6 Å². The average molecular weight is 330 g/mol. The van der Waals surface area contributed by atoms with Crippen LogP contribution in [0, 0.1) is 0 Å². The van der Waals surface area contributed by atoms with Gasteiger partial charge in [0.2, 0.25) is 5.91 Å².